The van der Waals surface area contributed by atoms with E-state index in [1.54, 1.807) is 19.2 Å². The van der Waals surface area contributed by atoms with Crippen molar-refractivity contribution in [3.8, 4) is 0 Å². The van der Waals surface area contributed by atoms with Gasteiger partial charge in [-0.1, -0.05) is 18.5 Å². The number of aromatic nitrogens is 1. The largest absolute Gasteiger partial charge is 0.388 e. The van der Waals surface area contributed by atoms with Crippen LogP contribution in [0.25, 0.3) is 0 Å². The number of rotatable bonds is 4. The van der Waals surface area contributed by atoms with Crippen LogP contribution in [0.15, 0.2) is 5.38 Å². The Morgan fingerprint density at radius 1 is 1.71 bits per heavy atom. The second-order valence-corrected chi connectivity index (χ2v) is 4.98. The summed E-state index contributed by atoms with van der Waals surface area (Å²) in [4.78, 5) is 4.07. The topological polar surface area (TPSA) is 45.2 Å². The van der Waals surface area contributed by atoms with E-state index in [0.717, 1.165) is 11.6 Å². The number of aliphatic hydroxyl groups is 1. The van der Waals surface area contributed by atoms with E-state index in [1.807, 2.05) is 6.92 Å². The van der Waals surface area contributed by atoms with Gasteiger partial charge in [-0.3, -0.25) is 0 Å². The third-order valence-electron chi connectivity index (χ3n) is 2.03. The molecule has 1 aromatic rings. The van der Waals surface area contributed by atoms with Crippen molar-refractivity contribution in [2.75, 3.05) is 5.32 Å². The first kappa shape index (κ1) is 11.8. The molecule has 0 aliphatic carbocycles. The molecule has 0 saturated heterocycles. The van der Waals surface area contributed by atoms with E-state index in [0.29, 0.717) is 5.15 Å². The average Bonchev–Trinajstić information content (AvgIpc) is 2.45. The molecule has 1 unspecified atom stereocenters. The summed E-state index contributed by atoms with van der Waals surface area (Å²) in [6.45, 7) is 5.58. The van der Waals surface area contributed by atoms with Crippen LogP contribution in [0.3, 0.4) is 0 Å². The van der Waals surface area contributed by atoms with E-state index >= 15 is 0 Å². The van der Waals surface area contributed by atoms with E-state index in [-0.39, 0.29) is 6.04 Å². The summed E-state index contributed by atoms with van der Waals surface area (Å²) in [6.07, 6.45) is 0.834. The third-order valence-corrected chi connectivity index (χ3v) is 3.13. The van der Waals surface area contributed by atoms with Crippen molar-refractivity contribution in [2.24, 2.45) is 0 Å². The minimum absolute atomic E-state index is 0.00952. The van der Waals surface area contributed by atoms with Gasteiger partial charge in [0, 0.05) is 5.38 Å². The molecule has 0 aromatic carbocycles. The lowest BCUT2D eigenvalue weighted by Gasteiger charge is -2.28. The summed E-state index contributed by atoms with van der Waals surface area (Å²) in [5.74, 6) is 0. The third kappa shape index (κ3) is 3.12. The Labute approximate surface area is 93.1 Å². The lowest BCUT2D eigenvalue weighted by Crippen LogP contribution is -2.41. The molecule has 2 N–H and O–H groups in total. The fourth-order valence-electron chi connectivity index (χ4n) is 1.25. The zero-order valence-corrected chi connectivity index (χ0v) is 10.1. The second kappa shape index (κ2) is 4.47. The molecular formula is C9H15ClN2OS. The lowest BCUT2D eigenvalue weighted by molar-refractivity contribution is 0.0579. The van der Waals surface area contributed by atoms with Gasteiger partial charge in [0.05, 0.1) is 11.6 Å². The number of anilines is 1. The SMILES string of the molecule is CCC(Nc1nc(Cl)cs1)C(C)(C)O. The Morgan fingerprint density at radius 3 is 2.71 bits per heavy atom. The predicted molar refractivity (Wildman–Crippen MR) is 61.1 cm³/mol. The summed E-state index contributed by atoms with van der Waals surface area (Å²) < 4.78 is 0. The molecule has 0 amide bonds. The molecule has 14 heavy (non-hydrogen) atoms. The number of hydrogen-bond donors (Lipinski definition) is 2. The van der Waals surface area contributed by atoms with Crippen molar-refractivity contribution in [2.45, 2.75) is 38.8 Å². The fraction of sp³-hybridized carbons (Fsp3) is 0.667. The van der Waals surface area contributed by atoms with Gasteiger partial charge in [0.25, 0.3) is 0 Å². The van der Waals surface area contributed by atoms with Crippen LogP contribution in [0.4, 0.5) is 5.13 Å². The molecule has 0 bridgehead atoms. The number of thiazole rings is 1. The van der Waals surface area contributed by atoms with Gasteiger partial charge >= 0.3 is 0 Å². The van der Waals surface area contributed by atoms with Crippen molar-refractivity contribution in [3.63, 3.8) is 0 Å². The van der Waals surface area contributed by atoms with Gasteiger partial charge < -0.3 is 10.4 Å². The molecule has 5 heteroatoms. The van der Waals surface area contributed by atoms with Crippen molar-refractivity contribution in [3.05, 3.63) is 10.5 Å². The molecule has 1 aromatic heterocycles. The zero-order chi connectivity index (χ0) is 10.8. The van der Waals surface area contributed by atoms with Gasteiger partial charge in [0.1, 0.15) is 5.15 Å². The molecule has 0 radical (unpaired) electrons. The van der Waals surface area contributed by atoms with Crippen LogP contribution in [0, 0.1) is 0 Å². The van der Waals surface area contributed by atoms with E-state index in [2.05, 4.69) is 10.3 Å². The lowest BCUT2D eigenvalue weighted by atomic mass is 9.97. The molecule has 0 fully saturated rings. The van der Waals surface area contributed by atoms with Crippen LogP contribution in [0.1, 0.15) is 27.2 Å². The predicted octanol–water partition coefficient (Wildman–Crippen LogP) is 2.76. The van der Waals surface area contributed by atoms with Gasteiger partial charge in [-0.25, -0.2) is 4.98 Å². The first-order chi connectivity index (χ1) is 6.43. The standard InChI is InChI=1S/C9H15ClN2OS/c1-4-6(9(2,3)13)11-8-12-7(10)5-14-8/h5-6,13H,4H2,1-3H3,(H,11,12). The van der Waals surface area contributed by atoms with Crippen molar-refractivity contribution >= 4 is 28.1 Å². The van der Waals surface area contributed by atoms with E-state index in [1.165, 1.54) is 11.3 Å². The van der Waals surface area contributed by atoms with Gasteiger partial charge in [0.15, 0.2) is 5.13 Å². The Kier molecular flexibility index (Phi) is 3.75. The Hall–Kier alpha value is -0.320. The highest BCUT2D eigenvalue weighted by Crippen LogP contribution is 2.23. The maximum absolute atomic E-state index is 9.83. The number of nitrogens with zero attached hydrogens (tertiary/aromatic N) is 1. The monoisotopic (exact) mass is 234 g/mol. The summed E-state index contributed by atoms with van der Waals surface area (Å²) in [5, 5.41) is 16.0. The fourth-order valence-corrected chi connectivity index (χ4v) is 2.14. The van der Waals surface area contributed by atoms with Crippen molar-refractivity contribution in [1.82, 2.24) is 4.98 Å². The highest BCUT2D eigenvalue weighted by Gasteiger charge is 2.25. The Bertz CT molecular complexity index is 295. The Balaban J connectivity index is 2.66. The molecule has 0 spiro atoms. The highest BCUT2D eigenvalue weighted by molar-refractivity contribution is 7.14. The van der Waals surface area contributed by atoms with E-state index in [4.69, 9.17) is 11.6 Å². The molecule has 0 saturated carbocycles. The molecule has 0 aliphatic rings. The summed E-state index contributed by atoms with van der Waals surface area (Å²) in [6, 6.07) is -0.00952. The first-order valence-electron chi connectivity index (χ1n) is 4.53. The molecule has 80 valence electrons. The van der Waals surface area contributed by atoms with Crippen molar-refractivity contribution in [1.29, 1.82) is 0 Å². The van der Waals surface area contributed by atoms with Gasteiger partial charge in [-0.2, -0.15) is 0 Å². The summed E-state index contributed by atoms with van der Waals surface area (Å²) in [7, 11) is 0. The maximum atomic E-state index is 9.83. The minimum atomic E-state index is -0.757. The van der Waals surface area contributed by atoms with Gasteiger partial charge in [-0.05, 0) is 20.3 Å². The van der Waals surface area contributed by atoms with Crippen LogP contribution in [-0.4, -0.2) is 21.7 Å². The molecule has 0 aliphatic heterocycles. The maximum Gasteiger partial charge on any atom is 0.184 e. The number of hydrogen-bond acceptors (Lipinski definition) is 4. The quantitative estimate of drug-likeness (QED) is 0.842. The first-order valence-corrected chi connectivity index (χ1v) is 5.79. The van der Waals surface area contributed by atoms with Gasteiger partial charge in [0.2, 0.25) is 0 Å². The number of nitrogens with one attached hydrogen (secondary N) is 1. The zero-order valence-electron chi connectivity index (χ0n) is 8.54. The second-order valence-electron chi connectivity index (χ2n) is 3.73. The van der Waals surface area contributed by atoms with Gasteiger partial charge in [-0.15, -0.1) is 11.3 Å². The Morgan fingerprint density at radius 2 is 2.36 bits per heavy atom. The van der Waals surface area contributed by atoms with E-state index in [9.17, 15) is 5.11 Å². The van der Waals surface area contributed by atoms with Crippen LogP contribution in [0.5, 0.6) is 0 Å². The van der Waals surface area contributed by atoms with Crippen LogP contribution in [0.2, 0.25) is 5.15 Å². The van der Waals surface area contributed by atoms with Crippen LogP contribution < -0.4 is 5.32 Å². The molecule has 1 atom stereocenters. The highest BCUT2D eigenvalue weighted by atomic mass is 35.5. The molecule has 3 nitrogen and oxygen atoms in total. The van der Waals surface area contributed by atoms with Crippen LogP contribution in [-0.2, 0) is 0 Å². The normalized spacial score (nSPS) is 14.1. The smallest absolute Gasteiger partial charge is 0.184 e. The van der Waals surface area contributed by atoms with Crippen molar-refractivity contribution < 1.29 is 5.11 Å². The number of halogens is 1. The summed E-state index contributed by atoms with van der Waals surface area (Å²) in [5.41, 5.74) is -0.757. The summed E-state index contributed by atoms with van der Waals surface area (Å²) >= 11 is 7.14. The van der Waals surface area contributed by atoms with Crippen LogP contribution >= 0.6 is 22.9 Å². The molecular weight excluding hydrogens is 220 g/mol. The molecule has 1 heterocycles. The minimum Gasteiger partial charge on any atom is -0.388 e. The average molecular weight is 235 g/mol. The molecule has 1 rings (SSSR count). The van der Waals surface area contributed by atoms with E-state index < -0.39 is 5.60 Å².